The lowest BCUT2D eigenvalue weighted by atomic mass is 10.0. The highest BCUT2D eigenvalue weighted by molar-refractivity contribution is 7.99. The molecule has 0 aromatic heterocycles. The highest BCUT2D eigenvalue weighted by Gasteiger charge is 2.21. The number of benzene rings is 1. The van der Waals surface area contributed by atoms with Crippen molar-refractivity contribution in [2.45, 2.75) is 17.4 Å². The second-order valence-corrected chi connectivity index (χ2v) is 5.56. The van der Waals surface area contributed by atoms with Crippen LogP contribution in [0.3, 0.4) is 0 Å². The molecule has 2 rings (SSSR count). The fourth-order valence-electron chi connectivity index (χ4n) is 1.89. The summed E-state index contributed by atoms with van der Waals surface area (Å²) in [5.41, 5.74) is 0.994. The molecule has 0 saturated carbocycles. The molecule has 0 fully saturated rings. The molecule has 1 aromatic rings. The largest absolute Gasteiger partial charge is 0.359 e. The van der Waals surface area contributed by atoms with Gasteiger partial charge in [0, 0.05) is 17.2 Å². The van der Waals surface area contributed by atoms with Crippen molar-refractivity contribution >= 4 is 29.1 Å². The molecule has 96 valence electrons. The Kier molecular flexibility index (Phi) is 4.60. The number of hydrogen-bond donors (Lipinski definition) is 2. The molecule has 2 N–H and O–H groups in total. The minimum absolute atomic E-state index is 0.0850. The average Bonchev–Trinajstić information content (AvgIpc) is 2.37. The van der Waals surface area contributed by atoms with E-state index >= 15 is 0 Å². The first-order chi connectivity index (χ1) is 8.70. The van der Waals surface area contributed by atoms with Crippen LogP contribution in [0, 0.1) is 5.82 Å². The number of rotatable bonds is 3. The summed E-state index contributed by atoms with van der Waals surface area (Å²) in [6, 6.07) is 5.02. The van der Waals surface area contributed by atoms with Crippen LogP contribution in [0.2, 0.25) is 0 Å². The van der Waals surface area contributed by atoms with Gasteiger partial charge < -0.3 is 10.6 Å². The first-order valence-corrected chi connectivity index (χ1v) is 7.17. The molecular weight excluding hydrogens is 267 g/mol. The molecule has 0 aliphatic carbocycles. The molecule has 0 amide bonds. The highest BCUT2D eigenvalue weighted by Crippen LogP contribution is 2.36. The Labute approximate surface area is 116 Å². The molecule has 1 aliphatic heterocycles. The van der Waals surface area contributed by atoms with Crippen LogP contribution in [0.25, 0.3) is 0 Å². The summed E-state index contributed by atoms with van der Waals surface area (Å²) in [4.78, 5) is 1.13. The van der Waals surface area contributed by atoms with E-state index in [1.54, 1.807) is 23.9 Å². The molecule has 5 heteroatoms. The number of hydrogen-bond acceptors (Lipinski definition) is 2. The quantitative estimate of drug-likeness (QED) is 0.657. The summed E-state index contributed by atoms with van der Waals surface area (Å²) in [6.45, 7) is 4.25. The molecule has 0 unspecified atom stereocenters. The van der Waals surface area contributed by atoms with Crippen LogP contribution in [0.5, 0.6) is 0 Å². The minimum Gasteiger partial charge on any atom is -0.359 e. The lowest BCUT2D eigenvalue weighted by Gasteiger charge is -2.27. The molecule has 0 spiro atoms. The van der Waals surface area contributed by atoms with Crippen molar-refractivity contribution in [1.29, 1.82) is 0 Å². The molecular formula is C13H15FN2S2. The van der Waals surface area contributed by atoms with Crippen molar-refractivity contribution in [3.63, 3.8) is 0 Å². The van der Waals surface area contributed by atoms with Gasteiger partial charge in [-0.3, -0.25) is 0 Å². The first-order valence-electron chi connectivity index (χ1n) is 5.78. The van der Waals surface area contributed by atoms with Crippen LogP contribution < -0.4 is 10.6 Å². The fourth-order valence-corrected chi connectivity index (χ4v) is 3.22. The summed E-state index contributed by atoms with van der Waals surface area (Å²) in [5.74, 6) is 0.813. The van der Waals surface area contributed by atoms with E-state index in [0.717, 1.165) is 22.6 Å². The third-order valence-electron chi connectivity index (χ3n) is 2.72. The number of nitrogens with one attached hydrogen (secondary N) is 2. The Balaban J connectivity index is 2.09. The Hall–Kier alpha value is -1.07. The zero-order chi connectivity index (χ0) is 13.0. The third kappa shape index (κ3) is 3.23. The van der Waals surface area contributed by atoms with Gasteiger partial charge in [-0.15, -0.1) is 18.3 Å². The Morgan fingerprint density at radius 3 is 3.22 bits per heavy atom. The topological polar surface area (TPSA) is 24.1 Å². The van der Waals surface area contributed by atoms with Crippen molar-refractivity contribution in [1.82, 2.24) is 10.6 Å². The van der Waals surface area contributed by atoms with Gasteiger partial charge in [-0.05, 0) is 42.4 Å². The predicted molar refractivity (Wildman–Crippen MR) is 78.4 cm³/mol. The van der Waals surface area contributed by atoms with E-state index in [9.17, 15) is 4.39 Å². The van der Waals surface area contributed by atoms with E-state index in [2.05, 4.69) is 17.2 Å². The fraction of sp³-hybridized carbons (Fsp3) is 0.308. The summed E-state index contributed by atoms with van der Waals surface area (Å²) < 4.78 is 13.3. The maximum absolute atomic E-state index is 13.3. The van der Waals surface area contributed by atoms with Gasteiger partial charge in [0.1, 0.15) is 5.82 Å². The molecule has 1 aliphatic rings. The van der Waals surface area contributed by atoms with Gasteiger partial charge >= 0.3 is 0 Å². The van der Waals surface area contributed by atoms with E-state index in [4.69, 9.17) is 12.2 Å². The number of fused-ring (bicyclic) bond motifs is 1. The minimum atomic E-state index is -0.201. The normalized spacial score (nSPS) is 17.7. The number of thioether (sulfide) groups is 1. The molecule has 0 bridgehead atoms. The van der Waals surface area contributed by atoms with Crippen LogP contribution in [0.15, 0.2) is 35.7 Å². The lowest BCUT2D eigenvalue weighted by Crippen LogP contribution is -2.38. The lowest BCUT2D eigenvalue weighted by molar-refractivity contribution is 0.582. The van der Waals surface area contributed by atoms with E-state index in [1.807, 2.05) is 6.07 Å². The first kappa shape index (κ1) is 13.4. The molecule has 18 heavy (non-hydrogen) atoms. The van der Waals surface area contributed by atoms with E-state index in [-0.39, 0.29) is 11.9 Å². The van der Waals surface area contributed by atoms with Crippen LogP contribution in [0.1, 0.15) is 18.0 Å². The summed E-state index contributed by atoms with van der Waals surface area (Å²) in [5, 5.41) is 6.84. The number of halogens is 1. The Morgan fingerprint density at radius 1 is 1.61 bits per heavy atom. The SMILES string of the molecule is C=CCNC(=S)N[C@H]1CCSc2ccc(F)cc21. The Bertz CT molecular complexity index is 462. The molecule has 2 nitrogen and oxygen atoms in total. The van der Waals surface area contributed by atoms with Crippen LogP contribution in [-0.4, -0.2) is 17.4 Å². The summed E-state index contributed by atoms with van der Waals surface area (Å²) in [7, 11) is 0. The van der Waals surface area contributed by atoms with Crippen molar-refractivity contribution in [3.8, 4) is 0 Å². The van der Waals surface area contributed by atoms with E-state index < -0.39 is 0 Å². The van der Waals surface area contributed by atoms with Crippen molar-refractivity contribution in [2.75, 3.05) is 12.3 Å². The zero-order valence-corrected chi connectivity index (χ0v) is 11.5. The van der Waals surface area contributed by atoms with E-state index in [1.165, 1.54) is 6.07 Å². The third-order valence-corrected chi connectivity index (χ3v) is 4.11. The predicted octanol–water partition coefficient (Wildman–Crippen LogP) is 3.01. The molecule has 1 aromatic carbocycles. The Morgan fingerprint density at radius 2 is 2.44 bits per heavy atom. The van der Waals surface area contributed by atoms with Gasteiger partial charge in [0.05, 0.1) is 6.04 Å². The zero-order valence-electron chi connectivity index (χ0n) is 9.91. The molecule has 0 radical (unpaired) electrons. The molecule has 0 saturated heterocycles. The van der Waals surface area contributed by atoms with Gasteiger partial charge in [0.15, 0.2) is 5.11 Å². The second kappa shape index (κ2) is 6.20. The van der Waals surface area contributed by atoms with Gasteiger partial charge in [0.2, 0.25) is 0 Å². The second-order valence-electron chi connectivity index (χ2n) is 4.01. The van der Waals surface area contributed by atoms with Gasteiger partial charge in [0.25, 0.3) is 0 Å². The maximum atomic E-state index is 13.3. The highest BCUT2D eigenvalue weighted by atomic mass is 32.2. The smallest absolute Gasteiger partial charge is 0.167 e. The van der Waals surface area contributed by atoms with Gasteiger partial charge in [-0.2, -0.15) is 0 Å². The summed E-state index contributed by atoms with van der Waals surface area (Å²) >= 11 is 6.95. The van der Waals surface area contributed by atoms with Crippen LogP contribution in [-0.2, 0) is 0 Å². The van der Waals surface area contributed by atoms with Crippen molar-refractivity contribution in [3.05, 3.63) is 42.2 Å². The average molecular weight is 282 g/mol. The molecule has 1 atom stereocenters. The van der Waals surface area contributed by atoms with Gasteiger partial charge in [-0.1, -0.05) is 6.08 Å². The number of thiocarbonyl (C=S) groups is 1. The molecule has 1 heterocycles. The van der Waals surface area contributed by atoms with Crippen molar-refractivity contribution < 1.29 is 4.39 Å². The van der Waals surface area contributed by atoms with Crippen LogP contribution >= 0.6 is 24.0 Å². The van der Waals surface area contributed by atoms with Gasteiger partial charge in [-0.25, -0.2) is 4.39 Å². The van der Waals surface area contributed by atoms with Crippen molar-refractivity contribution in [2.24, 2.45) is 0 Å². The monoisotopic (exact) mass is 282 g/mol. The van der Waals surface area contributed by atoms with Crippen LogP contribution in [0.4, 0.5) is 4.39 Å². The summed E-state index contributed by atoms with van der Waals surface area (Å²) in [6.07, 6.45) is 2.69. The van der Waals surface area contributed by atoms with E-state index in [0.29, 0.717) is 11.7 Å². The maximum Gasteiger partial charge on any atom is 0.167 e. The standard InChI is InChI=1S/C13H15FN2S2/c1-2-6-15-13(17)16-11-5-7-18-12-4-3-9(14)8-10(11)12/h2-4,8,11H,1,5-7H2,(H2,15,16,17)/t11-/m0/s1.